The number of ether oxygens (including phenoxy) is 1. The van der Waals surface area contributed by atoms with Crippen LogP contribution in [-0.4, -0.2) is 41.3 Å². The Hall–Kier alpha value is -3.49. The van der Waals surface area contributed by atoms with Crippen molar-refractivity contribution in [2.75, 3.05) is 25.0 Å². The first-order valence-corrected chi connectivity index (χ1v) is 9.14. The second-order valence-electron chi connectivity index (χ2n) is 6.67. The largest absolute Gasteiger partial charge is 0.477 e. The van der Waals surface area contributed by atoms with Crippen LogP contribution >= 0.6 is 0 Å². The van der Waals surface area contributed by atoms with Gasteiger partial charge in [0.2, 0.25) is 11.7 Å². The van der Waals surface area contributed by atoms with Crippen LogP contribution in [-0.2, 0) is 9.59 Å². The van der Waals surface area contributed by atoms with E-state index in [0.29, 0.717) is 25.9 Å². The van der Waals surface area contributed by atoms with Crippen molar-refractivity contribution in [1.82, 2.24) is 4.90 Å². The lowest BCUT2D eigenvalue weighted by atomic mass is 9.95. The van der Waals surface area contributed by atoms with Gasteiger partial charge in [0.25, 0.3) is 5.91 Å². The SMILES string of the molecule is O=C(Nc1ccccc1)C1CCN(C(=O)COc2cc(F)ccc2[N+](=O)[O-])CC1. The molecule has 0 aliphatic carbocycles. The lowest BCUT2D eigenvalue weighted by molar-refractivity contribution is -0.385. The average Bonchev–Trinajstić information content (AvgIpc) is 2.72. The van der Waals surface area contributed by atoms with Crippen LogP contribution in [0.1, 0.15) is 12.8 Å². The summed E-state index contributed by atoms with van der Waals surface area (Å²) < 4.78 is 18.5. The van der Waals surface area contributed by atoms with Crippen LogP contribution in [0.15, 0.2) is 48.5 Å². The third-order valence-electron chi connectivity index (χ3n) is 4.73. The molecule has 1 heterocycles. The van der Waals surface area contributed by atoms with E-state index in [9.17, 15) is 24.1 Å². The predicted octanol–water partition coefficient (Wildman–Crippen LogP) is 2.99. The van der Waals surface area contributed by atoms with Crippen molar-refractivity contribution in [3.63, 3.8) is 0 Å². The Kier molecular flexibility index (Phi) is 6.38. The fourth-order valence-electron chi connectivity index (χ4n) is 3.14. The smallest absolute Gasteiger partial charge is 0.311 e. The summed E-state index contributed by atoms with van der Waals surface area (Å²) in [4.78, 5) is 36.5. The van der Waals surface area contributed by atoms with Crippen molar-refractivity contribution in [3.05, 3.63) is 64.5 Å². The Morgan fingerprint density at radius 1 is 1.17 bits per heavy atom. The molecule has 0 unspecified atom stereocenters. The van der Waals surface area contributed by atoms with E-state index in [1.165, 1.54) is 4.90 Å². The maximum atomic E-state index is 13.3. The first-order valence-electron chi connectivity index (χ1n) is 9.14. The van der Waals surface area contributed by atoms with E-state index < -0.39 is 23.0 Å². The second kappa shape index (κ2) is 9.13. The van der Waals surface area contributed by atoms with Crippen LogP contribution in [0.5, 0.6) is 5.75 Å². The third kappa shape index (κ3) is 5.28. The number of para-hydroxylation sites is 1. The molecule has 1 saturated heterocycles. The lowest BCUT2D eigenvalue weighted by Crippen LogP contribution is -2.43. The Bertz CT molecular complexity index is 898. The van der Waals surface area contributed by atoms with Gasteiger partial charge in [-0.2, -0.15) is 0 Å². The van der Waals surface area contributed by atoms with Crippen LogP contribution in [0.2, 0.25) is 0 Å². The summed E-state index contributed by atoms with van der Waals surface area (Å²) in [5.74, 6) is -1.64. The number of anilines is 1. The van der Waals surface area contributed by atoms with Crippen LogP contribution < -0.4 is 10.1 Å². The molecule has 1 N–H and O–H groups in total. The molecule has 0 bridgehead atoms. The molecule has 29 heavy (non-hydrogen) atoms. The minimum absolute atomic E-state index is 0.0880. The highest BCUT2D eigenvalue weighted by Gasteiger charge is 2.28. The molecular weight excluding hydrogens is 381 g/mol. The molecular formula is C20H20FN3O5. The summed E-state index contributed by atoms with van der Waals surface area (Å²) in [5, 5.41) is 13.8. The molecule has 0 atom stereocenters. The van der Waals surface area contributed by atoms with Gasteiger partial charge in [-0.15, -0.1) is 0 Å². The van der Waals surface area contributed by atoms with Crippen LogP contribution in [0.25, 0.3) is 0 Å². The molecule has 1 aliphatic rings. The first-order chi connectivity index (χ1) is 13.9. The highest BCUT2D eigenvalue weighted by atomic mass is 19.1. The van der Waals surface area contributed by atoms with Gasteiger partial charge in [0, 0.05) is 36.8 Å². The van der Waals surface area contributed by atoms with Gasteiger partial charge >= 0.3 is 5.69 Å². The molecule has 2 aromatic carbocycles. The third-order valence-corrected chi connectivity index (χ3v) is 4.73. The molecule has 8 nitrogen and oxygen atoms in total. The second-order valence-corrected chi connectivity index (χ2v) is 6.67. The first kappa shape index (κ1) is 20.2. The van der Waals surface area contributed by atoms with Gasteiger partial charge < -0.3 is 15.0 Å². The highest BCUT2D eigenvalue weighted by molar-refractivity contribution is 5.92. The van der Waals surface area contributed by atoms with Crippen molar-refractivity contribution in [2.24, 2.45) is 5.92 Å². The normalized spacial score (nSPS) is 14.3. The van der Waals surface area contributed by atoms with E-state index in [-0.39, 0.29) is 23.5 Å². The number of nitrogens with one attached hydrogen (secondary N) is 1. The summed E-state index contributed by atoms with van der Waals surface area (Å²) >= 11 is 0. The Morgan fingerprint density at radius 2 is 1.86 bits per heavy atom. The number of halogens is 1. The molecule has 9 heteroatoms. The van der Waals surface area contributed by atoms with Gasteiger partial charge in [0.15, 0.2) is 6.61 Å². The van der Waals surface area contributed by atoms with E-state index in [2.05, 4.69) is 5.32 Å². The minimum atomic E-state index is -0.698. The zero-order valence-electron chi connectivity index (χ0n) is 15.5. The van der Waals surface area contributed by atoms with Gasteiger partial charge in [-0.25, -0.2) is 4.39 Å². The number of hydrogen-bond donors (Lipinski definition) is 1. The zero-order chi connectivity index (χ0) is 20.8. The number of hydrogen-bond acceptors (Lipinski definition) is 5. The average molecular weight is 401 g/mol. The standard InChI is InChI=1S/C20H20FN3O5/c21-15-6-7-17(24(27)28)18(12-15)29-13-19(25)23-10-8-14(9-11-23)20(26)22-16-4-2-1-3-5-16/h1-7,12,14H,8-11,13H2,(H,22,26). The summed E-state index contributed by atoms with van der Waals surface area (Å²) in [6, 6.07) is 12.0. The number of nitrogens with zero attached hydrogens (tertiary/aromatic N) is 2. The fourth-order valence-corrected chi connectivity index (χ4v) is 3.14. The summed E-state index contributed by atoms with van der Waals surface area (Å²) in [7, 11) is 0. The molecule has 2 amide bonds. The maximum Gasteiger partial charge on any atom is 0.311 e. The van der Waals surface area contributed by atoms with Crippen LogP contribution in [0.4, 0.5) is 15.8 Å². The summed E-state index contributed by atoms with van der Waals surface area (Å²) in [6.45, 7) is 0.311. The van der Waals surface area contributed by atoms with Crippen molar-refractivity contribution in [2.45, 2.75) is 12.8 Å². The molecule has 152 valence electrons. The number of piperidine rings is 1. The minimum Gasteiger partial charge on any atom is -0.477 e. The van der Waals surface area contributed by atoms with Gasteiger partial charge in [0.05, 0.1) is 4.92 Å². The highest BCUT2D eigenvalue weighted by Crippen LogP contribution is 2.27. The Morgan fingerprint density at radius 3 is 2.52 bits per heavy atom. The molecule has 1 fully saturated rings. The summed E-state index contributed by atoms with van der Waals surface area (Å²) in [5.41, 5.74) is 0.316. The summed E-state index contributed by atoms with van der Waals surface area (Å²) in [6.07, 6.45) is 1.01. The number of carbonyl (C=O) groups excluding carboxylic acids is 2. The molecule has 0 saturated carbocycles. The van der Waals surface area contributed by atoms with Crippen molar-refractivity contribution in [3.8, 4) is 5.75 Å². The van der Waals surface area contributed by atoms with E-state index >= 15 is 0 Å². The topological polar surface area (TPSA) is 102 Å². The molecule has 2 aromatic rings. The Balaban J connectivity index is 1.50. The number of benzene rings is 2. The predicted molar refractivity (Wildman–Crippen MR) is 103 cm³/mol. The molecule has 3 rings (SSSR count). The maximum absolute atomic E-state index is 13.3. The lowest BCUT2D eigenvalue weighted by Gasteiger charge is -2.31. The number of rotatable bonds is 6. The van der Waals surface area contributed by atoms with Gasteiger partial charge in [-0.05, 0) is 31.0 Å². The van der Waals surface area contributed by atoms with Gasteiger partial charge in [-0.3, -0.25) is 19.7 Å². The zero-order valence-corrected chi connectivity index (χ0v) is 15.5. The number of likely N-dealkylation sites (tertiary alicyclic amines) is 1. The number of nitro benzene ring substituents is 1. The molecule has 0 radical (unpaired) electrons. The van der Waals surface area contributed by atoms with Crippen molar-refractivity contribution in [1.29, 1.82) is 0 Å². The van der Waals surface area contributed by atoms with E-state index in [4.69, 9.17) is 4.74 Å². The molecule has 0 aromatic heterocycles. The van der Waals surface area contributed by atoms with E-state index in [1.807, 2.05) is 18.2 Å². The van der Waals surface area contributed by atoms with Crippen LogP contribution in [0.3, 0.4) is 0 Å². The van der Waals surface area contributed by atoms with Crippen LogP contribution in [0, 0.1) is 21.8 Å². The Labute approximate surface area is 166 Å². The van der Waals surface area contributed by atoms with Gasteiger partial charge in [-0.1, -0.05) is 18.2 Å². The number of amides is 2. The number of nitro groups is 1. The fraction of sp³-hybridized carbons (Fsp3) is 0.300. The molecule has 1 aliphatic heterocycles. The number of carbonyl (C=O) groups is 2. The molecule has 0 spiro atoms. The quantitative estimate of drug-likeness (QED) is 0.592. The van der Waals surface area contributed by atoms with Gasteiger partial charge in [0.1, 0.15) is 5.82 Å². The van der Waals surface area contributed by atoms with E-state index in [1.54, 1.807) is 12.1 Å². The monoisotopic (exact) mass is 401 g/mol. The van der Waals surface area contributed by atoms with E-state index in [0.717, 1.165) is 23.9 Å². The van der Waals surface area contributed by atoms with Crippen molar-refractivity contribution >= 4 is 23.2 Å². The van der Waals surface area contributed by atoms with Crippen molar-refractivity contribution < 1.29 is 23.6 Å².